The number of hydrogen-bond acceptors (Lipinski definition) is 3. The second-order valence-corrected chi connectivity index (χ2v) is 3.44. The molecule has 1 aromatic heterocycles. The Hall–Kier alpha value is -1.09. The summed E-state index contributed by atoms with van der Waals surface area (Å²) in [6, 6.07) is 0. The summed E-state index contributed by atoms with van der Waals surface area (Å²) in [6.07, 6.45) is 6.31. The fourth-order valence-corrected chi connectivity index (χ4v) is 1.56. The van der Waals surface area contributed by atoms with Crippen molar-refractivity contribution in [2.24, 2.45) is 0 Å². The summed E-state index contributed by atoms with van der Waals surface area (Å²) in [5.74, 6) is 0. The first-order chi connectivity index (χ1) is 6.36. The van der Waals surface area contributed by atoms with E-state index in [1.54, 1.807) is 6.26 Å². The summed E-state index contributed by atoms with van der Waals surface area (Å²) >= 11 is 0. The number of aromatic nitrogens is 1. The van der Waals surface area contributed by atoms with Crippen molar-refractivity contribution < 1.29 is 4.52 Å². The molecule has 0 saturated carbocycles. The third-order valence-electron chi connectivity index (χ3n) is 2.35. The van der Waals surface area contributed by atoms with Gasteiger partial charge in [-0.3, -0.25) is 0 Å². The molecule has 2 rings (SSSR count). The Balaban J connectivity index is 2.14. The van der Waals surface area contributed by atoms with Crippen LogP contribution in [-0.4, -0.2) is 18.2 Å². The normalized spacial score (nSPS) is 20.8. The van der Waals surface area contributed by atoms with Gasteiger partial charge in [-0.25, -0.2) is 0 Å². The topological polar surface area (TPSA) is 38.1 Å². The SMILES string of the molecule is Cc1nocc1C=C1CCCNC1. The molecule has 0 amide bonds. The molecule has 0 spiro atoms. The minimum atomic E-state index is 0.970. The van der Waals surface area contributed by atoms with Crippen LogP contribution in [0.1, 0.15) is 24.1 Å². The molecular formula is C10H14N2O. The Bertz CT molecular complexity index is 306. The Kier molecular flexibility index (Phi) is 2.45. The highest BCUT2D eigenvalue weighted by atomic mass is 16.5. The number of piperidine rings is 1. The minimum absolute atomic E-state index is 0.970. The van der Waals surface area contributed by atoms with E-state index in [0.29, 0.717) is 0 Å². The fraction of sp³-hybridized carbons (Fsp3) is 0.500. The van der Waals surface area contributed by atoms with Gasteiger partial charge in [-0.1, -0.05) is 10.7 Å². The van der Waals surface area contributed by atoms with E-state index in [9.17, 15) is 0 Å². The average Bonchev–Trinajstić information content (AvgIpc) is 2.54. The van der Waals surface area contributed by atoms with Gasteiger partial charge >= 0.3 is 0 Å². The first kappa shape index (κ1) is 8.51. The third-order valence-corrected chi connectivity index (χ3v) is 2.35. The highest BCUT2D eigenvalue weighted by Gasteiger charge is 2.06. The molecule has 2 heterocycles. The summed E-state index contributed by atoms with van der Waals surface area (Å²) < 4.78 is 4.87. The van der Waals surface area contributed by atoms with E-state index in [1.165, 1.54) is 18.4 Å². The van der Waals surface area contributed by atoms with Crippen LogP contribution in [0.25, 0.3) is 6.08 Å². The quantitative estimate of drug-likeness (QED) is 0.712. The van der Waals surface area contributed by atoms with Crippen molar-refractivity contribution in [3.8, 4) is 0 Å². The maximum absolute atomic E-state index is 4.87. The molecule has 0 atom stereocenters. The maximum Gasteiger partial charge on any atom is 0.131 e. The number of nitrogens with zero attached hydrogens (tertiary/aromatic N) is 1. The molecule has 13 heavy (non-hydrogen) atoms. The Morgan fingerprint density at radius 1 is 1.62 bits per heavy atom. The van der Waals surface area contributed by atoms with E-state index in [4.69, 9.17) is 4.52 Å². The van der Waals surface area contributed by atoms with Gasteiger partial charge in [-0.2, -0.15) is 0 Å². The van der Waals surface area contributed by atoms with Crippen LogP contribution in [0.15, 0.2) is 16.4 Å². The van der Waals surface area contributed by atoms with Gasteiger partial charge in [0.1, 0.15) is 6.26 Å². The first-order valence-electron chi connectivity index (χ1n) is 4.67. The van der Waals surface area contributed by atoms with E-state index < -0.39 is 0 Å². The summed E-state index contributed by atoms with van der Waals surface area (Å²) in [4.78, 5) is 0. The first-order valence-corrected chi connectivity index (χ1v) is 4.67. The lowest BCUT2D eigenvalue weighted by molar-refractivity contribution is 0.415. The predicted octanol–water partition coefficient (Wildman–Crippen LogP) is 1.75. The van der Waals surface area contributed by atoms with Gasteiger partial charge in [0.15, 0.2) is 0 Å². The molecule has 3 nitrogen and oxygen atoms in total. The van der Waals surface area contributed by atoms with Gasteiger partial charge in [0.2, 0.25) is 0 Å². The standard InChI is InChI=1S/C10H14N2O/c1-8-10(7-13-12-8)5-9-3-2-4-11-6-9/h5,7,11H,2-4,6H2,1H3. The molecule has 1 N–H and O–H groups in total. The van der Waals surface area contributed by atoms with Crippen LogP contribution in [0.3, 0.4) is 0 Å². The van der Waals surface area contributed by atoms with E-state index >= 15 is 0 Å². The lowest BCUT2D eigenvalue weighted by Crippen LogP contribution is -2.23. The molecule has 1 fully saturated rings. The van der Waals surface area contributed by atoms with Gasteiger partial charge in [0.05, 0.1) is 5.69 Å². The van der Waals surface area contributed by atoms with E-state index in [1.807, 2.05) is 6.92 Å². The zero-order valence-electron chi connectivity index (χ0n) is 7.84. The highest BCUT2D eigenvalue weighted by Crippen LogP contribution is 2.15. The Labute approximate surface area is 77.8 Å². The second kappa shape index (κ2) is 3.75. The molecule has 0 bridgehead atoms. The lowest BCUT2D eigenvalue weighted by Gasteiger charge is -2.14. The second-order valence-electron chi connectivity index (χ2n) is 3.44. The molecule has 0 radical (unpaired) electrons. The van der Waals surface area contributed by atoms with Gasteiger partial charge in [0, 0.05) is 12.1 Å². The molecule has 70 valence electrons. The molecule has 0 aromatic carbocycles. The highest BCUT2D eigenvalue weighted by molar-refractivity contribution is 5.54. The van der Waals surface area contributed by atoms with E-state index in [2.05, 4.69) is 16.5 Å². The number of nitrogens with one attached hydrogen (secondary N) is 1. The Morgan fingerprint density at radius 2 is 2.54 bits per heavy atom. The molecular weight excluding hydrogens is 164 g/mol. The lowest BCUT2D eigenvalue weighted by atomic mass is 10.0. The van der Waals surface area contributed by atoms with Crippen LogP contribution in [0.5, 0.6) is 0 Å². The molecule has 1 aliphatic heterocycles. The van der Waals surface area contributed by atoms with Gasteiger partial charge in [-0.05, 0) is 32.4 Å². The van der Waals surface area contributed by atoms with Crippen molar-refractivity contribution in [2.75, 3.05) is 13.1 Å². The summed E-state index contributed by atoms with van der Waals surface area (Å²) in [7, 11) is 0. The third kappa shape index (κ3) is 1.98. The van der Waals surface area contributed by atoms with Crippen molar-refractivity contribution in [1.82, 2.24) is 10.5 Å². The van der Waals surface area contributed by atoms with Crippen molar-refractivity contribution in [2.45, 2.75) is 19.8 Å². The van der Waals surface area contributed by atoms with E-state index in [-0.39, 0.29) is 0 Å². The van der Waals surface area contributed by atoms with Crippen molar-refractivity contribution >= 4 is 6.08 Å². The van der Waals surface area contributed by atoms with Gasteiger partial charge in [0.25, 0.3) is 0 Å². The van der Waals surface area contributed by atoms with E-state index in [0.717, 1.165) is 24.3 Å². The van der Waals surface area contributed by atoms with Gasteiger partial charge in [-0.15, -0.1) is 0 Å². The molecule has 3 heteroatoms. The molecule has 1 aromatic rings. The van der Waals surface area contributed by atoms with Crippen molar-refractivity contribution in [3.63, 3.8) is 0 Å². The monoisotopic (exact) mass is 178 g/mol. The van der Waals surface area contributed by atoms with Crippen LogP contribution < -0.4 is 5.32 Å². The van der Waals surface area contributed by atoms with Crippen molar-refractivity contribution in [1.29, 1.82) is 0 Å². The molecule has 0 unspecified atom stereocenters. The average molecular weight is 178 g/mol. The van der Waals surface area contributed by atoms with Crippen LogP contribution in [0.4, 0.5) is 0 Å². The number of rotatable bonds is 1. The maximum atomic E-state index is 4.87. The van der Waals surface area contributed by atoms with Crippen molar-refractivity contribution in [3.05, 3.63) is 23.1 Å². The smallest absolute Gasteiger partial charge is 0.131 e. The summed E-state index contributed by atoms with van der Waals surface area (Å²) in [6.45, 7) is 4.11. The number of hydrogen-bond donors (Lipinski definition) is 1. The van der Waals surface area contributed by atoms with Crippen LogP contribution in [0, 0.1) is 6.92 Å². The molecule has 0 aliphatic carbocycles. The van der Waals surface area contributed by atoms with Gasteiger partial charge < -0.3 is 9.84 Å². The minimum Gasteiger partial charge on any atom is -0.364 e. The van der Waals surface area contributed by atoms with Crippen LogP contribution in [0.2, 0.25) is 0 Å². The summed E-state index contributed by atoms with van der Waals surface area (Å²) in [5.41, 5.74) is 3.52. The van der Waals surface area contributed by atoms with Crippen LogP contribution in [-0.2, 0) is 0 Å². The predicted molar refractivity (Wildman–Crippen MR) is 51.3 cm³/mol. The zero-order valence-corrected chi connectivity index (χ0v) is 7.84. The zero-order chi connectivity index (χ0) is 9.10. The van der Waals surface area contributed by atoms with Crippen LogP contribution >= 0.6 is 0 Å². The Morgan fingerprint density at radius 3 is 3.15 bits per heavy atom. The summed E-state index contributed by atoms with van der Waals surface area (Å²) in [5, 5.41) is 7.19. The molecule has 1 saturated heterocycles. The molecule has 1 aliphatic rings. The largest absolute Gasteiger partial charge is 0.364 e. The number of aryl methyl sites for hydroxylation is 1. The fourth-order valence-electron chi connectivity index (χ4n) is 1.56.